The molecule has 7 heteroatoms. The van der Waals surface area contributed by atoms with E-state index in [4.69, 9.17) is 16.3 Å². The van der Waals surface area contributed by atoms with Gasteiger partial charge in [-0.3, -0.25) is 4.79 Å². The average Bonchev–Trinajstić information content (AvgIpc) is 2.77. The van der Waals surface area contributed by atoms with E-state index in [1.54, 1.807) is 30.3 Å². The average molecular weight is 432 g/mol. The van der Waals surface area contributed by atoms with Crippen LogP contribution in [0.2, 0.25) is 5.02 Å². The highest BCUT2D eigenvalue weighted by molar-refractivity contribution is 6.31. The highest BCUT2D eigenvalue weighted by Crippen LogP contribution is 2.24. The summed E-state index contributed by atoms with van der Waals surface area (Å²) in [7, 11) is 0. The van der Waals surface area contributed by atoms with Crippen molar-refractivity contribution in [3.8, 4) is 11.8 Å². The highest BCUT2D eigenvalue weighted by Gasteiger charge is 2.12. The normalized spacial score (nSPS) is 10.8. The van der Waals surface area contributed by atoms with Crippen molar-refractivity contribution < 1.29 is 19.4 Å². The molecular weight excluding hydrogens is 416 g/mol. The molecule has 6 nitrogen and oxygen atoms in total. The number of nitrogens with one attached hydrogen (secondary N) is 1. The van der Waals surface area contributed by atoms with Gasteiger partial charge in [0.1, 0.15) is 24.0 Å². The van der Waals surface area contributed by atoms with Crippen LogP contribution in [0.25, 0.3) is 6.08 Å². The number of ether oxygens (including phenoxy) is 1. The fraction of sp³-hybridized carbons (Fsp3) is 0.0417. The lowest BCUT2D eigenvalue weighted by atomic mass is 10.1. The number of hydrogen-bond acceptors (Lipinski definition) is 5. The van der Waals surface area contributed by atoms with E-state index in [9.17, 15) is 20.0 Å². The number of carbonyl (C=O) groups is 2. The Morgan fingerprint density at radius 1 is 1.06 bits per heavy atom. The van der Waals surface area contributed by atoms with Crippen molar-refractivity contribution in [1.29, 1.82) is 5.26 Å². The van der Waals surface area contributed by atoms with Crippen molar-refractivity contribution in [3.63, 3.8) is 0 Å². The van der Waals surface area contributed by atoms with E-state index in [0.717, 1.165) is 5.56 Å². The van der Waals surface area contributed by atoms with Gasteiger partial charge >= 0.3 is 0 Å². The minimum Gasteiger partial charge on any atom is -0.545 e. The van der Waals surface area contributed by atoms with Crippen molar-refractivity contribution >= 4 is 35.2 Å². The van der Waals surface area contributed by atoms with Crippen LogP contribution in [0.15, 0.2) is 78.4 Å². The Bertz CT molecular complexity index is 1200. The first-order valence-electron chi connectivity index (χ1n) is 9.17. The number of hydrogen-bond donors (Lipinski definition) is 1. The Hall–Kier alpha value is -4.08. The summed E-state index contributed by atoms with van der Waals surface area (Å²) in [5, 5.41) is 23.5. The van der Waals surface area contributed by atoms with Crippen LogP contribution < -0.4 is 15.2 Å². The van der Waals surface area contributed by atoms with Gasteiger partial charge in [0.05, 0.1) is 5.97 Å². The number of nitrogens with zero attached hydrogens (tertiary/aromatic N) is 1. The summed E-state index contributed by atoms with van der Waals surface area (Å²) >= 11 is 6.16. The van der Waals surface area contributed by atoms with Crippen LogP contribution in [0.5, 0.6) is 5.75 Å². The van der Waals surface area contributed by atoms with Crippen molar-refractivity contribution in [1.82, 2.24) is 0 Å². The number of rotatable bonds is 7. The third-order valence-corrected chi connectivity index (χ3v) is 4.65. The quantitative estimate of drug-likeness (QED) is 0.452. The largest absolute Gasteiger partial charge is 0.545 e. The third-order valence-electron chi connectivity index (χ3n) is 4.28. The van der Waals surface area contributed by atoms with Gasteiger partial charge in [-0.1, -0.05) is 60.1 Å². The first-order valence-corrected chi connectivity index (χ1v) is 9.55. The topological polar surface area (TPSA) is 102 Å². The number of nitriles is 1. The first kappa shape index (κ1) is 21.6. The number of carboxylic acids is 1. The molecular formula is C24H16ClN2O4-. The summed E-state index contributed by atoms with van der Waals surface area (Å²) in [5.41, 5.74) is 1.31. The van der Waals surface area contributed by atoms with Gasteiger partial charge in [-0.05, 0) is 35.9 Å². The van der Waals surface area contributed by atoms with Crippen molar-refractivity contribution in [2.45, 2.75) is 6.61 Å². The van der Waals surface area contributed by atoms with Crippen LogP contribution in [0.1, 0.15) is 21.5 Å². The summed E-state index contributed by atoms with van der Waals surface area (Å²) in [6.45, 7) is 0.217. The van der Waals surface area contributed by atoms with Gasteiger partial charge in [0.2, 0.25) is 0 Å². The van der Waals surface area contributed by atoms with Gasteiger partial charge in [0.15, 0.2) is 0 Å². The van der Waals surface area contributed by atoms with Gasteiger partial charge in [0, 0.05) is 21.8 Å². The van der Waals surface area contributed by atoms with Gasteiger partial charge in [-0.15, -0.1) is 0 Å². The second kappa shape index (κ2) is 10.1. The third kappa shape index (κ3) is 5.72. The highest BCUT2D eigenvalue weighted by atomic mass is 35.5. The molecule has 1 amide bonds. The van der Waals surface area contributed by atoms with Gasteiger partial charge in [-0.25, -0.2) is 0 Å². The molecule has 3 rings (SSSR count). The molecule has 0 heterocycles. The molecule has 0 aliphatic carbocycles. The predicted octanol–water partition coefficient (Wildman–Crippen LogP) is 3.83. The van der Waals surface area contributed by atoms with Crippen molar-refractivity contribution in [2.24, 2.45) is 0 Å². The predicted molar refractivity (Wildman–Crippen MR) is 115 cm³/mol. The Morgan fingerprint density at radius 3 is 2.55 bits per heavy atom. The molecule has 0 bridgehead atoms. The number of halogens is 1. The Labute approximate surface area is 184 Å². The van der Waals surface area contributed by atoms with Crippen LogP contribution in [-0.2, 0) is 11.4 Å². The number of carboxylic acid groups (broad SMARTS) is 1. The van der Waals surface area contributed by atoms with E-state index >= 15 is 0 Å². The zero-order valence-electron chi connectivity index (χ0n) is 16.2. The molecule has 31 heavy (non-hydrogen) atoms. The van der Waals surface area contributed by atoms with E-state index in [2.05, 4.69) is 5.32 Å². The van der Waals surface area contributed by atoms with E-state index in [0.29, 0.717) is 16.3 Å². The summed E-state index contributed by atoms with van der Waals surface area (Å²) in [6.07, 6.45) is 1.40. The molecule has 0 aliphatic heterocycles. The zero-order chi connectivity index (χ0) is 22.2. The summed E-state index contributed by atoms with van der Waals surface area (Å²) in [6, 6.07) is 21.7. The van der Waals surface area contributed by atoms with Gasteiger partial charge in [0.25, 0.3) is 5.91 Å². The van der Waals surface area contributed by atoms with Gasteiger partial charge < -0.3 is 20.0 Å². The number of amides is 1. The summed E-state index contributed by atoms with van der Waals surface area (Å²) in [5.74, 6) is -1.57. The first-order chi connectivity index (χ1) is 15.0. The van der Waals surface area contributed by atoms with Gasteiger partial charge in [-0.2, -0.15) is 5.26 Å². The number of anilines is 1. The molecule has 0 aliphatic rings. The fourth-order valence-electron chi connectivity index (χ4n) is 2.73. The molecule has 3 aromatic rings. The lowest BCUT2D eigenvalue weighted by molar-refractivity contribution is -0.255. The zero-order valence-corrected chi connectivity index (χ0v) is 16.9. The Balaban J connectivity index is 1.80. The van der Waals surface area contributed by atoms with Crippen LogP contribution >= 0.6 is 11.6 Å². The molecule has 0 atom stereocenters. The van der Waals surface area contributed by atoms with E-state index in [1.165, 1.54) is 30.3 Å². The second-order valence-electron chi connectivity index (χ2n) is 6.41. The van der Waals surface area contributed by atoms with Crippen molar-refractivity contribution in [2.75, 3.05) is 5.32 Å². The van der Waals surface area contributed by atoms with Crippen molar-refractivity contribution in [3.05, 3.63) is 100 Å². The minimum absolute atomic E-state index is 0.0846. The standard InChI is InChI=1S/C24H17ClN2O4/c25-21-10-3-1-7-18(21)15-31-22-11-4-2-6-16(22)12-19(14-26)23(28)27-20-9-5-8-17(13-20)24(29)30/h1-13H,15H2,(H,27,28)(H,29,30)/p-1/b19-12-. The molecule has 0 fully saturated rings. The maximum absolute atomic E-state index is 12.5. The maximum Gasteiger partial charge on any atom is 0.266 e. The smallest absolute Gasteiger partial charge is 0.266 e. The number of aromatic carboxylic acids is 1. The molecule has 0 aromatic heterocycles. The summed E-state index contributed by atoms with van der Waals surface area (Å²) < 4.78 is 5.85. The number of carbonyl (C=O) groups excluding carboxylic acids is 2. The summed E-state index contributed by atoms with van der Waals surface area (Å²) in [4.78, 5) is 23.5. The van der Waals surface area contributed by atoms with E-state index < -0.39 is 11.9 Å². The number of benzene rings is 3. The molecule has 0 unspecified atom stereocenters. The molecule has 0 spiro atoms. The van der Waals surface area contributed by atoms with E-state index in [1.807, 2.05) is 24.3 Å². The Morgan fingerprint density at radius 2 is 1.81 bits per heavy atom. The van der Waals surface area contributed by atoms with Crippen LogP contribution in [0.4, 0.5) is 5.69 Å². The molecule has 154 valence electrons. The molecule has 0 saturated heterocycles. The van der Waals surface area contributed by atoms with Crippen LogP contribution in [0.3, 0.4) is 0 Å². The van der Waals surface area contributed by atoms with E-state index in [-0.39, 0.29) is 23.4 Å². The molecule has 1 N–H and O–H groups in total. The number of para-hydroxylation sites is 1. The second-order valence-corrected chi connectivity index (χ2v) is 6.82. The Kier molecular flexibility index (Phi) is 7.05. The monoisotopic (exact) mass is 431 g/mol. The minimum atomic E-state index is -1.36. The van der Waals surface area contributed by atoms with Crippen LogP contribution in [-0.4, -0.2) is 11.9 Å². The fourth-order valence-corrected chi connectivity index (χ4v) is 2.92. The molecule has 0 saturated carbocycles. The lowest BCUT2D eigenvalue weighted by Gasteiger charge is -2.11. The van der Waals surface area contributed by atoms with Crippen LogP contribution in [0, 0.1) is 11.3 Å². The lowest BCUT2D eigenvalue weighted by Crippen LogP contribution is -2.22. The molecule has 0 radical (unpaired) electrons. The maximum atomic E-state index is 12.5. The molecule has 3 aromatic carbocycles. The SMILES string of the molecule is N#C/C(=C/c1ccccc1OCc1ccccc1Cl)C(=O)Nc1cccc(C(=O)[O-])c1.